The highest BCUT2D eigenvalue weighted by molar-refractivity contribution is 5.67. The number of nitrogens with zero attached hydrogens (tertiary/aromatic N) is 2. The summed E-state index contributed by atoms with van der Waals surface area (Å²) in [5, 5.41) is 3.37. The molecule has 0 amide bonds. The van der Waals surface area contributed by atoms with Gasteiger partial charge >= 0.3 is 0 Å². The molecule has 0 radical (unpaired) electrons. The normalized spacial score (nSPS) is 14.9. The molecule has 0 saturated heterocycles. The highest BCUT2D eigenvalue weighted by atomic mass is 16.5. The molecule has 0 aliphatic heterocycles. The maximum Gasteiger partial charge on any atom is 0.242 e. The average molecular weight is 278 g/mol. The van der Waals surface area contributed by atoms with Crippen molar-refractivity contribution >= 4 is 11.5 Å². The zero-order chi connectivity index (χ0) is 14.7. The fraction of sp³-hybridized carbons (Fsp3) is 0.733. The molecule has 1 fully saturated rings. The standard InChI is InChI=1S/C15H26N4O/c1-9(2)7-12-18-14(17-11-5-6-11)13(16)15(19-12)20-8-10(3)4/h9-11H,5-8,16H2,1-4H3,(H,17,18,19). The van der Waals surface area contributed by atoms with Crippen LogP contribution in [0.5, 0.6) is 5.88 Å². The predicted molar refractivity (Wildman–Crippen MR) is 82.0 cm³/mol. The molecule has 2 rings (SSSR count). The Morgan fingerprint density at radius 1 is 1.20 bits per heavy atom. The number of aromatic nitrogens is 2. The first-order valence-electron chi connectivity index (χ1n) is 7.51. The molecule has 0 unspecified atom stereocenters. The van der Waals surface area contributed by atoms with Crippen molar-refractivity contribution in [2.45, 2.75) is 53.0 Å². The van der Waals surface area contributed by atoms with Gasteiger partial charge in [0.2, 0.25) is 5.88 Å². The summed E-state index contributed by atoms with van der Waals surface area (Å²) >= 11 is 0. The summed E-state index contributed by atoms with van der Waals surface area (Å²) in [6, 6.07) is 0.511. The minimum absolute atomic E-state index is 0.442. The lowest BCUT2D eigenvalue weighted by molar-refractivity contribution is 0.261. The van der Waals surface area contributed by atoms with Gasteiger partial charge in [0.25, 0.3) is 0 Å². The Morgan fingerprint density at radius 3 is 2.45 bits per heavy atom. The Balaban J connectivity index is 2.21. The molecule has 5 heteroatoms. The van der Waals surface area contributed by atoms with Gasteiger partial charge in [-0.25, -0.2) is 4.98 Å². The van der Waals surface area contributed by atoms with Crippen LogP contribution in [0, 0.1) is 11.8 Å². The number of hydrogen-bond donors (Lipinski definition) is 2. The van der Waals surface area contributed by atoms with E-state index in [0.717, 1.165) is 18.1 Å². The highest BCUT2D eigenvalue weighted by Gasteiger charge is 2.24. The fourth-order valence-electron chi connectivity index (χ4n) is 1.84. The summed E-state index contributed by atoms with van der Waals surface area (Å²) in [5.74, 6) is 3.00. The van der Waals surface area contributed by atoms with Crippen LogP contribution >= 0.6 is 0 Å². The van der Waals surface area contributed by atoms with Gasteiger partial charge in [0.15, 0.2) is 5.82 Å². The molecular formula is C15H26N4O. The number of hydrogen-bond acceptors (Lipinski definition) is 5. The van der Waals surface area contributed by atoms with E-state index in [-0.39, 0.29) is 0 Å². The topological polar surface area (TPSA) is 73.1 Å². The zero-order valence-electron chi connectivity index (χ0n) is 12.9. The molecule has 112 valence electrons. The van der Waals surface area contributed by atoms with Crippen molar-refractivity contribution in [2.24, 2.45) is 11.8 Å². The van der Waals surface area contributed by atoms with Gasteiger partial charge in [0.05, 0.1) is 6.61 Å². The third kappa shape index (κ3) is 4.25. The summed E-state index contributed by atoms with van der Waals surface area (Å²) < 4.78 is 5.75. The van der Waals surface area contributed by atoms with Gasteiger partial charge in [-0.2, -0.15) is 4.98 Å². The molecule has 1 aliphatic rings. The van der Waals surface area contributed by atoms with Crippen molar-refractivity contribution < 1.29 is 4.74 Å². The summed E-state index contributed by atoms with van der Waals surface area (Å²) in [6.45, 7) is 9.14. The fourth-order valence-corrected chi connectivity index (χ4v) is 1.84. The first-order valence-corrected chi connectivity index (χ1v) is 7.51. The van der Waals surface area contributed by atoms with Crippen LogP contribution in [0.3, 0.4) is 0 Å². The molecule has 1 heterocycles. The number of nitrogens with one attached hydrogen (secondary N) is 1. The van der Waals surface area contributed by atoms with Gasteiger partial charge < -0.3 is 15.8 Å². The second-order valence-electron chi connectivity index (χ2n) is 6.43. The number of nitrogen functional groups attached to an aromatic ring is 1. The summed E-state index contributed by atoms with van der Waals surface area (Å²) in [6.07, 6.45) is 3.20. The highest BCUT2D eigenvalue weighted by Crippen LogP contribution is 2.31. The van der Waals surface area contributed by atoms with Gasteiger partial charge in [0.1, 0.15) is 11.5 Å². The van der Waals surface area contributed by atoms with E-state index >= 15 is 0 Å². The minimum atomic E-state index is 0.442. The summed E-state index contributed by atoms with van der Waals surface area (Å²) in [7, 11) is 0. The maximum atomic E-state index is 6.13. The zero-order valence-corrected chi connectivity index (χ0v) is 12.9. The largest absolute Gasteiger partial charge is 0.476 e. The first-order chi connectivity index (χ1) is 9.45. The van der Waals surface area contributed by atoms with E-state index in [0.29, 0.717) is 36.1 Å². The van der Waals surface area contributed by atoms with Crippen LogP contribution in [-0.2, 0) is 6.42 Å². The number of ether oxygens (including phenoxy) is 1. The van der Waals surface area contributed by atoms with Gasteiger partial charge in [-0.3, -0.25) is 0 Å². The Bertz CT molecular complexity index is 455. The van der Waals surface area contributed by atoms with E-state index in [1.54, 1.807) is 0 Å². The molecule has 20 heavy (non-hydrogen) atoms. The van der Waals surface area contributed by atoms with Crippen LogP contribution in [0.1, 0.15) is 46.4 Å². The summed E-state index contributed by atoms with van der Waals surface area (Å²) in [5.41, 5.74) is 6.67. The summed E-state index contributed by atoms with van der Waals surface area (Å²) in [4.78, 5) is 9.03. The Kier molecular flexibility index (Phi) is 4.68. The van der Waals surface area contributed by atoms with E-state index < -0.39 is 0 Å². The lowest BCUT2D eigenvalue weighted by atomic mass is 10.1. The predicted octanol–water partition coefficient (Wildman–Crippen LogP) is 2.87. The second-order valence-corrected chi connectivity index (χ2v) is 6.43. The third-order valence-corrected chi connectivity index (χ3v) is 3.02. The van der Waals surface area contributed by atoms with Crippen molar-refractivity contribution in [1.82, 2.24) is 9.97 Å². The van der Waals surface area contributed by atoms with Gasteiger partial charge in [-0.1, -0.05) is 27.7 Å². The molecule has 1 saturated carbocycles. The van der Waals surface area contributed by atoms with Gasteiger partial charge in [-0.15, -0.1) is 0 Å². The van der Waals surface area contributed by atoms with Crippen molar-refractivity contribution in [2.75, 3.05) is 17.7 Å². The molecule has 0 atom stereocenters. The monoisotopic (exact) mass is 278 g/mol. The molecular weight excluding hydrogens is 252 g/mol. The van der Waals surface area contributed by atoms with E-state index in [1.165, 1.54) is 12.8 Å². The quantitative estimate of drug-likeness (QED) is 0.802. The van der Waals surface area contributed by atoms with Crippen LogP contribution in [0.4, 0.5) is 11.5 Å². The van der Waals surface area contributed by atoms with Crippen LogP contribution in [-0.4, -0.2) is 22.6 Å². The van der Waals surface area contributed by atoms with E-state index in [2.05, 4.69) is 43.0 Å². The minimum Gasteiger partial charge on any atom is -0.476 e. The van der Waals surface area contributed by atoms with Crippen molar-refractivity contribution in [1.29, 1.82) is 0 Å². The van der Waals surface area contributed by atoms with Crippen LogP contribution in [0.25, 0.3) is 0 Å². The van der Waals surface area contributed by atoms with Crippen molar-refractivity contribution in [3.8, 4) is 5.88 Å². The SMILES string of the molecule is CC(C)COc1nc(CC(C)C)nc(NC2CC2)c1N. The first kappa shape index (κ1) is 14.9. The van der Waals surface area contributed by atoms with Crippen molar-refractivity contribution in [3.05, 3.63) is 5.82 Å². The lowest BCUT2D eigenvalue weighted by Crippen LogP contribution is -2.14. The van der Waals surface area contributed by atoms with Crippen LogP contribution in [0.15, 0.2) is 0 Å². The third-order valence-electron chi connectivity index (χ3n) is 3.02. The number of anilines is 2. The Morgan fingerprint density at radius 2 is 1.90 bits per heavy atom. The van der Waals surface area contributed by atoms with E-state index in [4.69, 9.17) is 10.5 Å². The number of nitrogens with two attached hydrogens (primary N) is 1. The van der Waals surface area contributed by atoms with Crippen LogP contribution in [0.2, 0.25) is 0 Å². The molecule has 1 aromatic rings. The molecule has 5 nitrogen and oxygen atoms in total. The van der Waals surface area contributed by atoms with Gasteiger partial charge in [-0.05, 0) is 24.7 Å². The Hall–Kier alpha value is -1.52. The average Bonchev–Trinajstić information content (AvgIpc) is 3.14. The van der Waals surface area contributed by atoms with E-state index in [9.17, 15) is 0 Å². The molecule has 0 spiro atoms. The Labute approximate surface area is 121 Å². The molecule has 1 aliphatic carbocycles. The lowest BCUT2D eigenvalue weighted by Gasteiger charge is -2.15. The molecule has 0 bridgehead atoms. The smallest absolute Gasteiger partial charge is 0.242 e. The number of rotatable bonds is 7. The molecule has 0 aromatic carbocycles. The molecule has 3 N–H and O–H groups in total. The van der Waals surface area contributed by atoms with Gasteiger partial charge in [0, 0.05) is 12.5 Å². The molecule has 1 aromatic heterocycles. The maximum absolute atomic E-state index is 6.13. The van der Waals surface area contributed by atoms with Crippen LogP contribution < -0.4 is 15.8 Å². The van der Waals surface area contributed by atoms with E-state index in [1.807, 2.05) is 0 Å². The van der Waals surface area contributed by atoms with Crippen molar-refractivity contribution in [3.63, 3.8) is 0 Å². The second kappa shape index (κ2) is 6.29.